The van der Waals surface area contributed by atoms with Crippen LogP contribution in [0, 0.1) is 0 Å². The zero-order valence-corrected chi connectivity index (χ0v) is 10.7. The Morgan fingerprint density at radius 3 is 2.59 bits per heavy atom. The molecule has 4 nitrogen and oxygen atoms in total. The van der Waals surface area contributed by atoms with Crippen LogP contribution in [-0.2, 0) is 15.1 Å². The largest absolute Gasteiger partial charge is 0.508 e. The van der Waals surface area contributed by atoms with Gasteiger partial charge in [0.05, 0.1) is 7.11 Å². The predicted octanol–water partition coefficient (Wildman–Crippen LogP) is 1.78. The zero-order valence-electron chi connectivity index (χ0n) is 10.7. The van der Waals surface area contributed by atoms with Gasteiger partial charge in [-0.15, -0.1) is 0 Å². The van der Waals surface area contributed by atoms with E-state index >= 15 is 0 Å². The van der Waals surface area contributed by atoms with Crippen LogP contribution in [0.4, 0.5) is 0 Å². The van der Waals surface area contributed by atoms with Gasteiger partial charge in [-0.2, -0.15) is 0 Å². The number of phenols is 1. The number of carbonyl (C=O) groups is 1. The van der Waals surface area contributed by atoms with E-state index in [0.717, 1.165) is 0 Å². The minimum absolute atomic E-state index is 0.112. The molecule has 94 valence electrons. The van der Waals surface area contributed by atoms with Gasteiger partial charge in [-0.25, -0.2) is 4.79 Å². The lowest BCUT2D eigenvalue weighted by Crippen LogP contribution is -2.50. The van der Waals surface area contributed by atoms with Crippen molar-refractivity contribution in [1.82, 2.24) is 5.32 Å². The molecule has 0 saturated carbocycles. The van der Waals surface area contributed by atoms with Crippen molar-refractivity contribution in [3.8, 4) is 5.75 Å². The number of hydrogen-bond donors (Lipinski definition) is 2. The summed E-state index contributed by atoms with van der Waals surface area (Å²) >= 11 is 0. The van der Waals surface area contributed by atoms with E-state index in [0.29, 0.717) is 5.56 Å². The SMILES string of the molecule is COC(=O)C(C)(NC(C)C)c1cccc(O)c1. The van der Waals surface area contributed by atoms with Gasteiger partial charge in [0, 0.05) is 6.04 Å². The summed E-state index contributed by atoms with van der Waals surface area (Å²) in [6.45, 7) is 5.64. The number of aromatic hydroxyl groups is 1. The lowest BCUT2D eigenvalue weighted by Gasteiger charge is -2.30. The average Bonchev–Trinajstić information content (AvgIpc) is 2.26. The molecule has 0 amide bonds. The van der Waals surface area contributed by atoms with Crippen molar-refractivity contribution in [2.45, 2.75) is 32.4 Å². The van der Waals surface area contributed by atoms with Crippen molar-refractivity contribution in [1.29, 1.82) is 0 Å². The Bertz CT molecular complexity index is 403. The fourth-order valence-corrected chi connectivity index (χ4v) is 1.86. The Labute approximate surface area is 102 Å². The van der Waals surface area contributed by atoms with Crippen LogP contribution in [0.25, 0.3) is 0 Å². The maximum absolute atomic E-state index is 11.9. The average molecular weight is 237 g/mol. The monoisotopic (exact) mass is 237 g/mol. The minimum atomic E-state index is -0.957. The molecule has 0 aliphatic heterocycles. The second-order valence-corrected chi connectivity index (χ2v) is 4.47. The lowest BCUT2D eigenvalue weighted by molar-refractivity contribution is -0.148. The Morgan fingerprint density at radius 2 is 2.12 bits per heavy atom. The summed E-state index contributed by atoms with van der Waals surface area (Å²) in [6.07, 6.45) is 0. The number of esters is 1. The second-order valence-electron chi connectivity index (χ2n) is 4.47. The van der Waals surface area contributed by atoms with Crippen LogP contribution < -0.4 is 5.32 Å². The van der Waals surface area contributed by atoms with E-state index in [1.165, 1.54) is 7.11 Å². The third-order valence-corrected chi connectivity index (χ3v) is 2.59. The third kappa shape index (κ3) is 2.97. The molecule has 17 heavy (non-hydrogen) atoms. The minimum Gasteiger partial charge on any atom is -0.508 e. The fourth-order valence-electron chi connectivity index (χ4n) is 1.86. The maximum Gasteiger partial charge on any atom is 0.330 e. The number of ether oxygens (including phenoxy) is 1. The predicted molar refractivity (Wildman–Crippen MR) is 65.7 cm³/mol. The number of carbonyl (C=O) groups excluding carboxylic acids is 1. The zero-order chi connectivity index (χ0) is 13.1. The molecular formula is C13H19NO3. The highest BCUT2D eigenvalue weighted by Gasteiger charge is 2.36. The summed E-state index contributed by atoms with van der Waals surface area (Å²) in [5.41, 5.74) is -0.278. The molecule has 0 fully saturated rings. The van der Waals surface area contributed by atoms with E-state index in [-0.39, 0.29) is 17.8 Å². The smallest absolute Gasteiger partial charge is 0.330 e. The summed E-state index contributed by atoms with van der Waals surface area (Å²) in [5.74, 6) is -0.250. The van der Waals surface area contributed by atoms with Crippen molar-refractivity contribution in [3.05, 3.63) is 29.8 Å². The first-order valence-electron chi connectivity index (χ1n) is 5.55. The first-order valence-corrected chi connectivity index (χ1v) is 5.55. The van der Waals surface area contributed by atoms with Gasteiger partial charge in [0.15, 0.2) is 0 Å². The summed E-state index contributed by atoms with van der Waals surface area (Å²) in [6, 6.07) is 6.73. The topological polar surface area (TPSA) is 58.6 Å². The van der Waals surface area contributed by atoms with E-state index in [2.05, 4.69) is 5.32 Å². The maximum atomic E-state index is 11.9. The van der Waals surface area contributed by atoms with Gasteiger partial charge in [0.2, 0.25) is 0 Å². The summed E-state index contributed by atoms with van der Waals surface area (Å²) < 4.78 is 4.83. The van der Waals surface area contributed by atoms with E-state index in [4.69, 9.17) is 4.74 Å². The molecule has 0 aromatic heterocycles. The van der Waals surface area contributed by atoms with Crippen molar-refractivity contribution in [3.63, 3.8) is 0 Å². The Hall–Kier alpha value is -1.55. The van der Waals surface area contributed by atoms with Crippen LogP contribution in [-0.4, -0.2) is 24.2 Å². The first kappa shape index (κ1) is 13.5. The molecular weight excluding hydrogens is 218 g/mol. The van der Waals surface area contributed by atoms with Crippen molar-refractivity contribution in [2.75, 3.05) is 7.11 Å². The van der Waals surface area contributed by atoms with Gasteiger partial charge in [-0.1, -0.05) is 12.1 Å². The van der Waals surface area contributed by atoms with Crippen LogP contribution in [0.2, 0.25) is 0 Å². The van der Waals surface area contributed by atoms with E-state index < -0.39 is 5.54 Å². The van der Waals surface area contributed by atoms with Crippen molar-refractivity contribution >= 4 is 5.97 Å². The van der Waals surface area contributed by atoms with Crippen molar-refractivity contribution in [2.24, 2.45) is 0 Å². The molecule has 1 aromatic rings. The molecule has 0 aliphatic carbocycles. The highest BCUT2D eigenvalue weighted by atomic mass is 16.5. The normalized spacial score (nSPS) is 14.4. The second kappa shape index (κ2) is 5.19. The number of benzene rings is 1. The lowest BCUT2D eigenvalue weighted by atomic mass is 9.91. The quantitative estimate of drug-likeness (QED) is 0.784. The van der Waals surface area contributed by atoms with Crippen LogP contribution in [0.15, 0.2) is 24.3 Å². The van der Waals surface area contributed by atoms with Crippen LogP contribution in [0.3, 0.4) is 0 Å². The number of rotatable bonds is 4. The Morgan fingerprint density at radius 1 is 1.47 bits per heavy atom. The number of phenolic OH excluding ortho intramolecular Hbond substituents is 1. The molecule has 2 N–H and O–H groups in total. The van der Waals surface area contributed by atoms with Crippen LogP contribution >= 0.6 is 0 Å². The molecule has 4 heteroatoms. The molecule has 0 radical (unpaired) electrons. The first-order chi connectivity index (χ1) is 7.90. The van der Waals surface area contributed by atoms with E-state index in [9.17, 15) is 9.90 Å². The number of methoxy groups -OCH3 is 1. The molecule has 1 unspecified atom stereocenters. The molecule has 0 spiro atoms. The molecule has 0 aliphatic rings. The van der Waals surface area contributed by atoms with Gasteiger partial charge < -0.3 is 9.84 Å². The summed E-state index contributed by atoms with van der Waals surface area (Å²) in [4.78, 5) is 11.9. The van der Waals surface area contributed by atoms with Gasteiger partial charge in [-0.05, 0) is 38.5 Å². The third-order valence-electron chi connectivity index (χ3n) is 2.59. The standard InChI is InChI=1S/C13H19NO3/c1-9(2)14-13(3,12(16)17-4)10-6-5-7-11(15)8-10/h5-9,14-15H,1-4H3. The van der Waals surface area contributed by atoms with Crippen molar-refractivity contribution < 1.29 is 14.6 Å². The van der Waals surface area contributed by atoms with Crippen LogP contribution in [0.5, 0.6) is 5.75 Å². The fraction of sp³-hybridized carbons (Fsp3) is 0.462. The Kier molecular flexibility index (Phi) is 4.12. The molecule has 1 atom stereocenters. The van der Waals surface area contributed by atoms with Crippen LogP contribution in [0.1, 0.15) is 26.3 Å². The van der Waals surface area contributed by atoms with Gasteiger partial charge in [0.1, 0.15) is 11.3 Å². The molecule has 0 bridgehead atoms. The Balaban J connectivity index is 3.18. The molecule has 0 heterocycles. The van der Waals surface area contributed by atoms with E-state index in [1.54, 1.807) is 31.2 Å². The van der Waals surface area contributed by atoms with Gasteiger partial charge in [0.25, 0.3) is 0 Å². The summed E-state index contributed by atoms with van der Waals surface area (Å²) in [5, 5.41) is 12.6. The van der Waals surface area contributed by atoms with E-state index in [1.807, 2.05) is 13.8 Å². The highest BCUT2D eigenvalue weighted by molar-refractivity contribution is 5.82. The number of nitrogens with one attached hydrogen (secondary N) is 1. The number of hydrogen-bond acceptors (Lipinski definition) is 4. The molecule has 1 rings (SSSR count). The molecule has 0 saturated heterocycles. The van der Waals surface area contributed by atoms with Gasteiger partial charge in [-0.3, -0.25) is 5.32 Å². The molecule has 1 aromatic carbocycles. The summed E-state index contributed by atoms with van der Waals surface area (Å²) in [7, 11) is 1.35. The highest BCUT2D eigenvalue weighted by Crippen LogP contribution is 2.26. The van der Waals surface area contributed by atoms with Gasteiger partial charge >= 0.3 is 5.97 Å².